The summed E-state index contributed by atoms with van der Waals surface area (Å²) < 4.78 is 29.6. The Morgan fingerprint density at radius 3 is 2.80 bits per heavy atom. The van der Waals surface area contributed by atoms with Crippen LogP contribution in [0.1, 0.15) is 29.3 Å². The van der Waals surface area contributed by atoms with Crippen LogP contribution in [0.3, 0.4) is 0 Å². The molecule has 1 aromatic carbocycles. The van der Waals surface area contributed by atoms with Crippen molar-refractivity contribution in [2.75, 3.05) is 7.11 Å². The van der Waals surface area contributed by atoms with E-state index in [1.807, 2.05) is 0 Å². The van der Waals surface area contributed by atoms with Gasteiger partial charge in [-0.25, -0.2) is 9.18 Å². The molecule has 4 nitrogen and oxygen atoms in total. The monoisotopic (exact) mass is 342 g/mol. The van der Waals surface area contributed by atoms with Gasteiger partial charge in [-0.05, 0) is 37.3 Å². The van der Waals surface area contributed by atoms with E-state index in [1.165, 1.54) is 25.3 Å². The lowest BCUT2D eigenvalue weighted by molar-refractivity contribution is 0.0558. The number of hydrogen-bond donors (Lipinski definition) is 0. The van der Waals surface area contributed by atoms with Crippen LogP contribution in [0.25, 0.3) is 0 Å². The van der Waals surface area contributed by atoms with Gasteiger partial charge in [-0.2, -0.15) is 0 Å². The van der Waals surface area contributed by atoms with Crippen LogP contribution in [-0.2, 0) is 4.74 Å². The first kappa shape index (κ1) is 14.6. The van der Waals surface area contributed by atoms with E-state index in [-0.39, 0.29) is 11.5 Å². The van der Waals surface area contributed by atoms with Crippen LogP contribution in [0, 0.1) is 5.82 Å². The summed E-state index contributed by atoms with van der Waals surface area (Å²) in [6, 6.07) is 7.48. The van der Waals surface area contributed by atoms with Gasteiger partial charge in [0.2, 0.25) is 5.76 Å². The summed E-state index contributed by atoms with van der Waals surface area (Å²) >= 11 is 3.24. The Hall–Kier alpha value is -1.82. The fourth-order valence-corrected chi connectivity index (χ4v) is 1.94. The van der Waals surface area contributed by atoms with E-state index >= 15 is 0 Å². The summed E-state index contributed by atoms with van der Waals surface area (Å²) in [5.74, 6) is -0.461. The SMILES string of the molecule is COC(=O)c1ccc(C(C)Oc2cc(Br)ccc2F)o1. The molecule has 0 saturated heterocycles. The van der Waals surface area contributed by atoms with E-state index in [0.717, 1.165) is 0 Å². The van der Waals surface area contributed by atoms with Gasteiger partial charge in [0, 0.05) is 4.47 Å². The Bertz CT molecular complexity index is 623. The molecule has 0 radical (unpaired) electrons. The van der Waals surface area contributed by atoms with Crippen molar-refractivity contribution >= 4 is 21.9 Å². The maximum Gasteiger partial charge on any atom is 0.373 e. The quantitative estimate of drug-likeness (QED) is 0.784. The molecule has 1 aromatic heterocycles. The first-order chi connectivity index (χ1) is 9.51. The molecule has 0 saturated carbocycles. The lowest BCUT2D eigenvalue weighted by Crippen LogP contribution is -2.04. The molecule has 0 bridgehead atoms. The van der Waals surface area contributed by atoms with Crippen LogP contribution in [0.5, 0.6) is 5.75 Å². The molecule has 0 amide bonds. The summed E-state index contributed by atoms with van der Waals surface area (Å²) in [6.07, 6.45) is -0.544. The second-order valence-corrected chi connectivity index (χ2v) is 4.94. The van der Waals surface area contributed by atoms with Gasteiger partial charge in [0.15, 0.2) is 17.7 Å². The lowest BCUT2D eigenvalue weighted by Gasteiger charge is -2.13. The minimum absolute atomic E-state index is 0.0765. The third-order valence-electron chi connectivity index (χ3n) is 2.61. The molecule has 106 valence electrons. The summed E-state index contributed by atoms with van der Waals surface area (Å²) in [5.41, 5.74) is 0. The number of halogens is 2. The van der Waals surface area contributed by atoms with Gasteiger partial charge < -0.3 is 13.9 Å². The standard InChI is InChI=1S/C14H12BrFO4/c1-8(11-5-6-12(20-11)14(17)18-2)19-13-7-9(15)3-4-10(13)16/h3-8H,1-2H3. The van der Waals surface area contributed by atoms with Crippen LogP contribution in [0.2, 0.25) is 0 Å². The maximum atomic E-state index is 13.6. The molecule has 20 heavy (non-hydrogen) atoms. The number of carbonyl (C=O) groups excluding carboxylic acids is 1. The van der Waals surface area contributed by atoms with Gasteiger partial charge in [-0.3, -0.25) is 0 Å². The van der Waals surface area contributed by atoms with E-state index < -0.39 is 17.9 Å². The zero-order valence-electron chi connectivity index (χ0n) is 10.9. The number of benzene rings is 1. The van der Waals surface area contributed by atoms with Crippen molar-refractivity contribution in [1.82, 2.24) is 0 Å². The first-order valence-corrected chi connectivity index (χ1v) is 6.60. The average Bonchev–Trinajstić information content (AvgIpc) is 2.91. The minimum atomic E-state index is -0.572. The second-order valence-electron chi connectivity index (χ2n) is 4.03. The molecule has 0 fully saturated rings. The van der Waals surface area contributed by atoms with Gasteiger partial charge in [-0.1, -0.05) is 15.9 Å². The first-order valence-electron chi connectivity index (χ1n) is 5.81. The van der Waals surface area contributed by atoms with Gasteiger partial charge >= 0.3 is 5.97 Å². The maximum absolute atomic E-state index is 13.6. The fourth-order valence-electron chi connectivity index (χ4n) is 1.60. The van der Waals surface area contributed by atoms with E-state index in [0.29, 0.717) is 10.2 Å². The average molecular weight is 343 g/mol. The third-order valence-corrected chi connectivity index (χ3v) is 3.10. The highest BCUT2D eigenvalue weighted by Crippen LogP contribution is 2.28. The van der Waals surface area contributed by atoms with E-state index in [1.54, 1.807) is 19.1 Å². The minimum Gasteiger partial charge on any atom is -0.480 e. The van der Waals surface area contributed by atoms with Crippen molar-refractivity contribution in [3.63, 3.8) is 0 Å². The highest BCUT2D eigenvalue weighted by atomic mass is 79.9. The fraction of sp³-hybridized carbons (Fsp3) is 0.214. The molecule has 0 N–H and O–H groups in total. The van der Waals surface area contributed by atoms with Gasteiger partial charge in [0.25, 0.3) is 0 Å². The van der Waals surface area contributed by atoms with Crippen molar-refractivity contribution in [2.24, 2.45) is 0 Å². The number of ether oxygens (including phenoxy) is 2. The summed E-state index contributed by atoms with van der Waals surface area (Å²) in [7, 11) is 1.27. The van der Waals surface area contributed by atoms with Gasteiger partial charge in [0.1, 0.15) is 5.76 Å². The van der Waals surface area contributed by atoms with Crippen molar-refractivity contribution in [3.8, 4) is 5.75 Å². The number of esters is 1. The molecule has 0 aliphatic rings. The van der Waals surface area contributed by atoms with E-state index in [4.69, 9.17) is 9.15 Å². The molecule has 2 aromatic rings. The molecular weight excluding hydrogens is 331 g/mol. The van der Waals surface area contributed by atoms with Crippen LogP contribution in [0.4, 0.5) is 4.39 Å². The number of hydrogen-bond acceptors (Lipinski definition) is 4. The molecule has 0 spiro atoms. The Balaban J connectivity index is 2.15. The zero-order valence-corrected chi connectivity index (χ0v) is 12.4. The van der Waals surface area contributed by atoms with Crippen LogP contribution < -0.4 is 4.74 Å². The predicted molar refractivity (Wildman–Crippen MR) is 73.2 cm³/mol. The van der Waals surface area contributed by atoms with Crippen LogP contribution in [-0.4, -0.2) is 13.1 Å². The Kier molecular flexibility index (Phi) is 4.44. The van der Waals surface area contributed by atoms with E-state index in [2.05, 4.69) is 20.7 Å². The molecule has 0 aliphatic carbocycles. The zero-order chi connectivity index (χ0) is 14.7. The normalized spacial score (nSPS) is 12.0. The largest absolute Gasteiger partial charge is 0.480 e. The Morgan fingerprint density at radius 1 is 1.35 bits per heavy atom. The topological polar surface area (TPSA) is 48.7 Å². The molecule has 1 atom stereocenters. The Morgan fingerprint density at radius 2 is 2.10 bits per heavy atom. The number of rotatable bonds is 4. The summed E-state index contributed by atoms with van der Waals surface area (Å²) in [5, 5.41) is 0. The summed E-state index contributed by atoms with van der Waals surface area (Å²) in [4.78, 5) is 11.3. The van der Waals surface area contributed by atoms with Crippen molar-refractivity contribution in [1.29, 1.82) is 0 Å². The van der Waals surface area contributed by atoms with Gasteiger partial charge in [0.05, 0.1) is 7.11 Å². The molecule has 1 heterocycles. The van der Waals surface area contributed by atoms with Crippen LogP contribution in [0.15, 0.2) is 39.2 Å². The number of methoxy groups -OCH3 is 1. The van der Waals surface area contributed by atoms with Crippen molar-refractivity contribution in [3.05, 3.63) is 52.1 Å². The van der Waals surface area contributed by atoms with Gasteiger partial charge in [-0.15, -0.1) is 0 Å². The van der Waals surface area contributed by atoms with Crippen molar-refractivity contribution in [2.45, 2.75) is 13.0 Å². The second kappa shape index (κ2) is 6.09. The lowest BCUT2D eigenvalue weighted by atomic mass is 10.3. The summed E-state index contributed by atoms with van der Waals surface area (Å²) in [6.45, 7) is 1.69. The third kappa shape index (κ3) is 3.19. The van der Waals surface area contributed by atoms with Crippen LogP contribution >= 0.6 is 15.9 Å². The molecular formula is C14H12BrFO4. The highest BCUT2D eigenvalue weighted by Gasteiger charge is 2.17. The number of carbonyl (C=O) groups is 1. The molecule has 2 rings (SSSR count). The van der Waals surface area contributed by atoms with Crippen molar-refractivity contribution < 1.29 is 23.1 Å². The molecule has 6 heteroatoms. The molecule has 0 aliphatic heterocycles. The smallest absolute Gasteiger partial charge is 0.373 e. The van der Waals surface area contributed by atoms with E-state index in [9.17, 15) is 9.18 Å². The highest BCUT2D eigenvalue weighted by molar-refractivity contribution is 9.10. The predicted octanol–water partition coefficient (Wildman–Crippen LogP) is 4.11. The molecule has 1 unspecified atom stereocenters. The number of furan rings is 1. The Labute approximate surface area is 123 Å².